The van der Waals surface area contributed by atoms with E-state index in [1.54, 1.807) is 23.6 Å². The average molecular weight is 695 g/mol. The van der Waals surface area contributed by atoms with Gasteiger partial charge in [-0.3, -0.25) is 14.5 Å². The van der Waals surface area contributed by atoms with Crippen LogP contribution in [0.15, 0.2) is 35.9 Å². The van der Waals surface area contributed by atoms with Crippen LogP contribution in [0, 0.1) is 11.3 Å². The highest BCUT2D eigenvalue weighted by Gasteiger charge is 2.77. The van der Waals surface area contributed by atoms with Gasteiger partial charge in [0.2, 0.25) is 0 Å². The summed E-state index contributed by atoms with van der Waals surface area (Å²) in [6, 6.07) is 7.85. The maximum Gasteiger partial charge on any atom is 0.418 e. The summed E-state index contributed by atoms with van der Waals surface area (Å²) in [4.78, 5) is 40.4. The number of likely N-dealkylation sites (N-methyl/N-ethyl adjacent to an activating group) is 1. The van der Waals surface area contributed by atoms with Gasteiger partial charge in [0.1, 0.15) is 11.9 Å². The molecule has 1 N–H and O–H groups in total. The number of fused-ring (bicyclic) bond motifs is 7. The highest BCUT2D eigenvalue weighted by Crippen LogP contribution is 2.72. The Kier molecular flexibility index (Phi) is 9.65. The van der Waals surface area contributed by atoms with Crippen molar-refractivity contribution in [3.05, 3.63) is 47.2 Å². The van der Waals surface area contributed by atoms with Gasteiger partial charge in [-0.2, -0.15) is 0 Å². The molecule has 50 heavy (non-hydrogen) atoms. The smallest absolute Gasteiger partial charge is 0.418 e. The van der Waals surface area contributed by atoms with Crippen molar-refractivity contribution in [1.82, 2.24) is 9.47 Å². The summed E-state index contributed by atoms with van der Waals surface area (Å²) in [6.45, 7) is 13.0. The Bertz CT molecular complexity index is 1680. The summed E-state index contributed by atoms with van der Waals surface area (Å²) in [7, 11) is 3.59. The molecule has 3 aliphatic carbocycles. The van der Waals surface area contributed by atoms with Crippen LogP contribution in [0.4, 0.5) is 4.79 Å². The first-order valence-electron chi connectivity index (χ1n) is 18.1. The first-order chi connectivity index (χ1) is 23.6. The zero-order valence-electron chi connectivity index (χ0n) is 30.9. The number of hydrogen-bond donors (Lipinski definition) is 1. The van der Waals surface area contributed by atoms with E-state index in [2.05, 4.69) is 13.8 Å². The molecule has 4 aliphatic rings. The van der Waals surface area contributed by atoms with Gasteiger partial charge in [0, 0.05) is 46.9 Å². The monoisotopic (exact) mass is 694 g/mol. The Hall–Kier alpha value is -3.09. The molecule has 1 spiro atoms. The number of para-hydroxylation sites is 1. The predicted molar refractivity (Wildman–Crippen MR) is 187 cm³/mol. The lowest BCUT2D eigenvalue weighted by Gasteiger charge is -2.67. The lowest BCUT2D eigenvalue weighted by molar-refractivity contribution is -0.279. The van der Waals surface area contributed by atoms with Crippen LogP contribution in [0.25, 0.3) is 10.9 Å². The average Bonchev–Trinajstić information content (AvgIpc) is 3.63. The number of rotatable bonds is 10. The molecule has 1 unspecified atom stereocenters. The van der Waals surface area contributed by atoms with Gasteiger partial charge >= 0.3 is 12.1 Å². The summed E-state index contributed by atoms with van der Waals surface area (Å²) in [6.07, 6.45) is 3.90. The van der Waals surface area contributed by atoms with Gasteiger partial charge in [0.25, 0.3) is 0 Å². The number of aldehydes is 1. The predicted octanol–water partition coefficient (Wildman–Crippen LogP) is 5.32. The number of allylic oxidation sites excluding steroid dienone is 1. The standard InChI is InChI=1S/C39H54N2O9/c1-9-19-46-31-23-26-22-28-27-13-10-11-14-29(27)41(34(44)48-21-12-20-47-32(43)24-40(7)8)33(28)37(26,6)36(5)16-17-38(30(15-18-42)39(31,36)45)49-25(2)35(3,4)50-38/h10-11,13-15,18,25-26,31,45H,9,12,16-17,19-24H2,1-8H3/b30-15+/t25?,26-,31+,36-,37-,38+,39+/m1/s1. The van der Waals surface area contributed by atoms with E-state index in [0.717, 1.165) is 28.6 Å². The van der Waals surface area contributed by atoms with Gasteiger partial charge < -0.3 is 28.8 Å². The van der Waals surface area contributed by atoms with E-state index in [1.165, 1.54) is 6.08 Å². The van der Waals surface area contributed by atoms with Gasteiger partial charge in [-0.25, -0.2) is 9.36 Å². The molecule has 1 aliphatic heterocycles. The number of hydrogen-bond acceptors (Lipinski definition) is 10. The topological polar surface area (TPSA) is 126 Å². The molecule has 1 aromatic carbocycles. The Morgan fingerprint density at radius 1 is 1.08 bits per heavy atom. The Balaban J connectivity index is 1.43. The van der Waals surface area contributed by atoms with Crippen LogP contribution >= 0.6 is 0 Å². The second kappa shape index (κ2) is 13.2. The SMILES string of the molecule is CCCO[C@H]1C[C@H]2Cc3c(n(C(=O)OCCCOC(=O)CN(C)C)c4ccccc34)[C@]2(C)[C@@]2(C)CC[C@@]3(OC(C)C(C)(C)O3)/C(=C\C=O)[C@]12O. The number of benzene rings is 1. The normalized spacial score (nSPS) is 34.9. The molecule has 2 saturated carbocycles. The molecule has 0 bridgehead atoms. The number of esters is 1. The first kappa shape index (κ1) is 36.7. The molecule has 0 amide bonds. The first-order valence-corrected chi connectivity index (χ1v) is 18.1. The third-order valence-corrected chi connectivity index (χ3v) is 12.4. The quantitative estimate of drug-likeness (QED) is 0.151. The van der Waals surface area contributed by atoms with Crippen molar-refractivity contribution >= 4 is 29.3 Å². The summed E-state index contributed by atoms with van der Waals surface area (Å²) in [5.41, 5.74) is -1.02. The van der Waals surface area contributed by atoms with Crippen molar-refractivity contribution in [3.8, 4) is 0 Å². The Morgan fingerprint density at radius 3 is 2.46 bits per heavy atom. The van der Waals surface area contributed by atoms with E-state index in [1.807, 2.05) is 52.0 Å². The summed E-state index contributed by atoms with van der Waals surface area (Å²) in [5.74, 6) is -1.62. The van der Waals surface area contributed by atoms with Crippen LogP contribution in [-0.2, 0) is 45.1 Å². The lowest BCUT2D eigenvalue weighted by Crippen LogP contribution is -2.74. The van der Waals surface area contributed by atoms with E-state index >= 15 is 0 Å². The van der Waals surface area contributed by atoms with E-state index in [-0.39, 0.29) is 37.7 Å². The molecule has 1 saturated heterocycles. The van der Waals surface area contributed by atoms with Crippen LogP contribution in [0.5, 0.6) is 0 Å². The molecule has 274 valence electrons. The van der Waals surface area contributed by atoms with Crippen LogP contribution in [0.1, 0.15) is 84.9 Å². The Labute approximate surface area is 295 Å². The number of nitrogens with zero attached hydrogens (tertiary/aromatic N) is 2. The van der Waals surface area contributed by atoms with Gasteiger partial charge in [-0.1, -0.05) is 39.0 Å². The summed E-state index contributed by atoms with van der Waals surface area (Å²) >= 11 is 0. The van der Waals surface area contributed by atoms with Crippen molar-refractivity contribution in [1.29, 1.82) is 0 Å². The van der Waals surface area contributed by atoms with Crippen LogP contribution in [0.2, 0.25) is 0 Å². The third kappa shape index (κ3) is 5.38. The van der Waals surface area contributed by atoms with Crippen molar-refractivity contribution in [2.75, 3.05) is 40.5 Å². The van der Waals surface area contributed by atoms with Gasteiger partial charge in [0.15, 0.2) is 5.79 Å². The summed E-state index contributed by atoms with van der Waals surface area (Å²) < 4.78 is 32.8. The highest BCUT2D eigenvalue weighted by molar-refractivity contribution is 5.95. The van der Waals surface area contributed by atoms with Crippen molar-refractivity contribution in [3.63, 3.8) is 0 Å². The maximum atomic E-state index is 14.2. The molecular formula is C39H54N2O9. The summed E-state index contributed by atoms with van der Waals surface area (Å²) in [5, 5.41) is 14.5. The third-order valence-electron chi connectivity index (χ3n) is 12.4. The van der Waals surface area contributed by atoms with Crippen LogP contribution < -0.4 is 0 Å². The molecule has 11 heteroatoms. The maximum absolute atomic E-state index is 14.2. The number of ether oxygens (including phenoxy) is 5. The minimum absolute atomic E-state index is 0.0201. The highest BCUT2D eigenvalue weighted by atomic mass is 16.8. The molecular weight excluding hydrogens is 640 g/mol. The van der Waals surface area contributed by atoms with Crippen LogP contribution in [0.3, 0.4) is 0 Å². The molecule has 2 aromatic rings. The molecule has 7 atom stereocenters. The Morgan fingerprint density at radius 2 is 1.80 bits per heavy atom. The minimum atomic E-state index is -1.68. The largest absolute Gasteiger partial charge is 0.465 e. The molecule has 2 heterocycles. The molecule has 6 rings (SSSR count). The molecule has 0 radical (unpaired) electrons. The fourth-order valence-electron chi connectivity index (χ4n) is 9.60. The van der Waals surface area contributed by atoms with Gasteiger partial charge in [-0.15, -0.1) is 0 Å². The zero-order valence-corrected chi connectivity index (χ0v) is 30.9. The van der Waals surface area contributed by atoms with E-state index in [9.17, 15) is 19.5 Å². The number of aromatic nitrogens is 1. The molecule has 11 nitrogen and oxygen atoms in total. The van der Waals surface area contributed by atoms with Crippen molar-refractivity contribution in [2.45, 2.75) is 115 Å². The van der Waals surface area contributed by atoms with E-state index < -0.39 is 40.0 Å². The van der Waals surface area contributed by atoms with Crippen molar-refractivity contribution < 1.29 is 43.2 Å². The molecule has 1 aromatic heterocycles. The molecule has 3 fully saturated rings. The van der Waals surface area contributed by atoms with Crippen LogP contribution in [-0.4, -0.2) is 103 Å². The van der Waals surface area contributed by atoms with Gasteiger partial charge in [-0.05, 0) is 84.2 Å². The fraction of sp³-hybridized carbons (Fsp3) is 0.667. The second-order valence-corrected chi connectivity index (χ2v) is 15.8. The fourth-order valence-corrected chi connectivity index (χ4v) is 9.60. The zero-order chi connectivity index (χ0) is 36.3. The minimum Gasteiger partial charge on any atom is -0.465 e. The number of carbonyl (C=O) groups is 3. The second-order valence-electron chi connectivity index (χ2n) is 15.8. The van der Waals surface area contributed by atoms with Gasteiger partial charge in [0.05, 0.1) is 43.1 Å². The lowest BCUT2D eigenvalue weighted by atomic mass is 9.41. The van der Waals surface area contributed by atoms with E-state index in [0.29, 0.717) is 50.6 Å². The number of carbonyl (C=O) groups excluding carboxylic acids is 3. The van der Waals surface area contributed by atoms with E-state index in [4.69, 9.17) is 23.7 Å². The van der Waals surface area contributed by atoms with Crippen molar-refractivity contribution in [2.24, 2.45) is 11.3 Å². The number of aliphatic hydroxyl groups is 1.